The number of hydrogen-bond acceptors (Lipinski definition) is 24. The van der Waals surface area contributed by atoms with Crippen LogP contribution in [0, 0.1) is 0 Å². The molecule has 8 atom stereocenters. The Morgan fingerprint density at radius 1 is 0.479 bits per heavy atom. The molecule has 0 saturated carbocycles. The molecular weight excluding hydrogens is 1820 g/mol. The molecule has 7 aromatic rings. The maximum atomic E-state index is 13.9. The first-order valence-corrected chi connectivity index (χ1v) is 48.7. The first kappa shape index (κ1) is 115. The zero-order valence-corrected chi connectivity index (χ0v) is 83.7. The smallest absolute Gasteiger partial charge is 0.408 e. The number of guanidine groups is 1. The van der Waals surface area contributed by atoms with Crippen molar-refractivity contribution in [3.8, 4) is 0 Å². The summed E-state index contributed by atoms with van der Waals surface area (Å²) in [6.07, 6.45) is 3.32. The summed E-state index contributed by atoms with van der Waals surface area (Å²) in [6, 6.07) is 63.4. The number of Topliss-reactive ketones (excluding diaryl/α,β-unsaturated/α-hetero) is 1. The molecule has 35 nitrogen and oxygen atoms in total. The van der Waals surface area contributed by atoms with Crippen LogP contribution in [0.15, 0.2) is 217 Å². The molecule has 35 heteroatoms. The second-order valence-electron chi connectivity index (χ2n) is 38.0. The topological polar surface area (TPSA) is 493 Å². The second kappa shape index (κ2) is 61.1. The number of nitrogens with two attached hydrogens (primary N) is 4. The number of nitrogens with one attached hydrogen (secondary N) is 6. The molecule has 142 heavy (non-hydrogen) atoms. The van der Waals surface area contributed by atoms with Crippen molar-refractivity contribution in [3.05, 3.63) is 251 Å². The Morgan fingerprint density at radius 3 is 1.27 bits per heavy atom. The van der Waals surface area contributed by atoms with E-state index in [2.05, 4.69) is 68.1 Å². The lowest BCUT2D eigenvalue weighted by Gasteiger charge is -2.28. The molecule has 3 aliphatic rings. The third kappa shape index (κ3) is 47.1. The van der Waals surface area contributed by atoms with Gasteiger partial charge in [0, 0.05) is 103 Å². The Morgan fingerprint density at radius 2 is 0.859 bits per heavy atom. The first-order chi connectivity index (χ1) is 67.7. The first-order valence-electron chi connectivity index (χ1n) is 48.7. The predicted molar refractivity (Wildman–Crippen MR) is 536 cm³/mol. The van der Waals surface area contributed by atoms with Crippen LogP contribution in [0.3, 0.4) is 0 Å². The molecule has 3 aliphatic heterocycles. The van der Waals surface area contributed by atoms with Crippen molar-refractivity contribution in [2.45, 2.75) is 251 Å². The summed E-state index contributed by atoms with van der Waals surface area (Å²) in [4.78, 5) is 176. The van der Waals surface area contributed by atoms with Crippen LogP contribution in [-0.2, 0) is 122 Å². The molecule has 3 saturated heterocycles. The molecule has 0 spiro atoms. The summed E-state index contributed by atoms with van der Waals surface area (Å²) >= 11 is 0. The van der Waals surface area contributed by atoms with E-state index in [-0.39, 0.29) is 138 Å². The van der Waals surface area contributed by atoms with E-state index in [1.54, 1.807) is 84.7 Å². The number of carboxylic acids is 1. The van der Waals surface area contributed by atoms with Gasteiger partial charge in [0.25, 0.3) is 5.91 Å². The number of esters is 3. The van der Waals surface area contributed by atoms with Crippen LogP contribution in [0.25, 0.3) is 0 Å². The lowest BCUT2D eigenvalue weighted by atomic mass is 10.1. The predicted octanol–water partition coefficient (Wildman–Crippen LogP) is 7.75. The van der Waals surface area contributed by atoms with Gasteiger partial charge in [0.1, 0.15) is 54.7 Å². The number of nitrogens with zero attached hydrogens (tertiary/aromatic N) is 5. The van der Waals surface area contributed by atoms with E-state index < -0.39 is 102 Å². The Kier molecular flexibility index (Phi) is 49.7. The highest BCUT2D eigenvalue weighted by atomic mass is 16.6. The van der Waals surface area contributed by atoms with Gasteiger partial charge in [-0.25, -0.2) is 14.4 Å². The minimum Gasteiger partial charge on any atom is -0.550 e. The molecule has 0 unspecified atom stereocenters. The summed E-state index contributed by atoms with van der Waals surface area (Å²) in [5.74, 6) is -4.47. The van der Waals surface area contributed by atoms with Crippen molar-refractivity contribution in [1.82, 2.24) is 51.5 Å². The lowest BCUT2D eigenvalue weighted by molar-refractivity contribution is -0.706. The average Bonchev–Trinajstić information content (AvgIpc) is 1.71. The number of ketones is 1. The van der Waals surface area contributed by atoms with Crippen LogP contribution in [0.4, 0.5) is 14.4 Å². The van der Waals surface area contributed by atoms with Gasteiger partial charge >= 0.3 is 36.2 Å². The molecule has 770 valence electrons. The molecule has 3 fully saturated rings. The fourth-order valence-corrected chi connectivity index (χ4v) is 15.4. The van der Waals surface area contributed by atoms with Gasteiger partial charge in [-0.15, -0.1) is 0 Å². The van der Waals surface area contributed by atoms with Crippen molar-refractivity contribution < 1.29 is 101 Å². The number of alkyl carbamates (subject to hydrolysis) is 3. The normalized spacial score (nSPS) is 16.9. The summed E-state index contributed by atoms with van der Waals surface area (Å²) < 4.78 is 32.0. The number of carboxylic acid groups (broad SMARTS) is 1. The van der Waals surface area contributed by atoms with Crippen LogP contribution in [0.1, 0.15) is 179 Å². The van der Waals surface area contributed by atoms with Crippen LogP contribution >= 0.6 is 0 Å². The van der Waals surface area contributed by atoms with Crippen LogP contribution in [0.2, 0.25) is 0 Å². The van der Waals surface area contributed by atoms with Crippen LogP contribution < -0.4 is 59.5 Å². The Balaban J connectivity index is 0.000000261. The number of aliphatic imine (C=N–C) groups is 1. The molecule has 0 aliphatic carbocycles. The van der Waals surface area contributed by atoms with Gasteiger partial charge in [-0.1, -0.05) is 219 Å². The Hall–Kier alpha value is -13.6. The highest BCUT2D eigenvalue weighted by Gasteiger charge is 2.39. The largest absolute Gasteiger partial charge is 0.550 e. The van der Waals surface area contributed by atoms with E-state index in [0.29, 0.717) is 71.5 Å². The molecule has 8 amide bonds. The number of aliphatic carboxylic acids is 1. The van der Waals surface area contributed by atoms with Crippen LogP contribution in [-0.4, -0.2) is 247 Å². The molecule has 14 N–H and O–H groups in total. The number of benzene rings is 7. The quantitative estimate of drug-likeness (QED) is 0.00574. The van der Waals surface area contributed by atoms with Gasteiger partial charge in [0.05, 0.1) is 44.4 Å². The SMILES string of the molecule is CC(C)(C)OC(=O)NCC(=O)CCN(CCc1ccccc1)C(=O)[C@H](CC(=O)OCc1ccccc1)NC(=O)OC(C)(C)C.CC(C)(C)OC(=O)N[C@H](CCCN=C(N)N)C(=O)NC[C@@H]1CCN(CCc2ccccc2)C(=O)[C@H](CC(=O)[O-])[NH2+]1.CC[C@@H]1CCN(CCc2ccccc2)C(=O)[C@H](CC(=O)OCc2ccccc2)N1.NC[C@@H]1CCN(CCc2ccccc2)C(=O)[C@H](CC(=O)OCc2ccccc2)N1. The van der Waals surface area contributed by atoms with E-state index in [9.17, 15) is 67.4 Å². The minimum absolute atomic E-state index is 0.00386. The molecular formula is C107H147N15O20. The fourth-order valence-electron chi connectivity index (χ4n) is 15.4. The summed E-state index contributed by atoms with van der Waals surface area (Å²) in [5.41, 5.74) is 21.3. The zero-order chi connectivity index (χ0) is 103. The minimum atomic E-state index is -1.32. The molecule has 10 rings (SSSR count). The van der Waals surface area contributed by atoms with Gasteiger partial charge in [-0.05, 0) is 159 Å². The van der Waals surface area contributed by atoms with Gasteiger partial charge in [0.15, 0.2) is 17.8 Å². The van der Waals surface area contributed by atoms with E-state index in [1.165, 1.54) is 16.0 Å². The van der Waals surface area contributed by atoms with Crippen molar-refractivity contribution >= 4 is 83.4 Å². The highest BCUT2D eigenvalue weighted by molar-refractivity contribution is 5.92. The maximum absolute atomic E-state index is 13.9. The van der Waals surface area contributed by atoms with Crippen LogP contribution in [0.5, 0.6) is 0 Å². The van der Waals surface area contributed by atoms with E-state index >= 15 is 0 Å². The molecule has 0 bridgehead atoms. The summed E-state index contributed by atoms with van der Waals surface area (Å²) in [5, 5.41) is 30.1. The molecule has 3 heterocycles. The van der Waals surface area contributed by atoms with Gasteiger partial charge < -0.3 is 112 Å². The van der Waals surface area contributed by atoms with Crippen molar-refractivity contribution in [2.75, 3.05) is 78.5 Å². The molecule has 0 aromatic heterocycles. The number of carbonyl (C=O) groups excluding carboxylic acids is 13. The third-order valence-electron chi connectivity index (χ3n) is 22.8. The summed E-state index contributed by atoms with van der Waals surface area (Å²) in [7, 11) is 0. The van der Waals surface area contributed by atoms with E-state index in [4.69, 9.17) is 45.6 Å². The Bertz CT molecular complexity index is 4940. The van der Waals surface area contributed by atoms with Crippen molar-refractivity contribution in [3.63, 3.8) is 0 Å². The van der Waals surface area contributed by atoms with E-state index in [1.807, 2.05) is 186 Å². The van der Waals surface area contributed by atoms with Crippen molar-refractivity contribution in [1.29, 1.82) is 0 Å². The second-order valence-corrected chi connectivity index (χ2v) is 38.0. The van der Waals surface area contributed by atoms with Crippen molar-refractivity contribution in [2.24, 2.45) is 22.2 Å². The zero-order valence-electron chi connectivity index (χ0n) is 83.7. The third-order valence-corrected chi connectivity index (χ3v) is 22.8. The standard InChI is InChI=1S/C33H45N3O8.C27H43N7O6.C24H30N2O3.C23H29N3O3/c1-32(2,3)43-30(40)34-22-26(37)18-20-36(19-17-24-13-9-7-10-14-24)29(39)27(35-31(41)44-33(4,5)6)21-28(38)42-23-25-15-11-8-12-16-25;1-27(2,3)40-26(39)33-20(10-7-13-30-25(28)29)23(37)31-17-19-12-15-34(14-11-18-8-5-4-6-9-18)24(38)21(32-19)16-22(35)36;1-2-21-14-16-26(15-13-19-9-5-3-6-10-19)24(28)22(25-21)17-23(27)29-18-20-11-7-4-8-12-20;24-16-20-12-14-26(13-11-18-7-3-1-4-8-18)23(28)21(25-20)15-22(27)29-17-19-9-5-2-6-10-19/h7-16,27H,17-23H2,1-6H3,(H,34,40)(H,35,41);4-6,8-9,19-21,32H,7,10-17H2,1-3H3,(H,31,37)(H,33,39)(H,35,36)(H4,28,29,30);3-12,21-22,25H,2,13-18H2,1H3;1-10,20-21,25H,11-17,24H2/t27-;19-,20+,21-;21-,22+;20-,21-/m0010/s1. The molecule has 0 radical (unpaired) electrons. The number of ether oxygens (including phenoxy) is 6. The fraction of sp³-hybridized carbons (Fsp3) is 0.477. The lowest BCUT2D eigenvalue weighted by Crippen LogP contribution is -2.98. The highest BCUT2D eigenvalue weighted by Crippen LogP contribution is 2.21. The monoisotopic (exact) mass is 1960 g/mol. The number of quaternary nitrogens is 1. The number of hydrogen-bond donors (Lipinski definition) is 10. The van der Waals surface area contributed by atoms with Gasteiger partial charge in [0.2, 0.25) is 23.6 Å². The number of amides is 8. The number of carbonyl (C=O) groups is 13. The number of rotatable bonds is 43. The van der Waals surface area contributed by atoms with Gasteiger partial charge in [-0.2, -0.15) is 0 Å². The van der Waals surface area contributed by atoms with Gasteiger partial charge in [-0.3, -0.25) is 48.1 Å². The summed E-state index contributed by atoms with van der Waals surface area (Å²) in [6.45, 7) is 22.2. The van der Waals surface area contributed by atoms with E-state index in [0.717, 1.165) is 59.9 Å². The Labute approximate surface area is 834 Å². The average molecular weight is 1960 g/mol. The maximum Gasteiger partial charge on any atom is 0.408 e. The molecule has 7 aromatic carbocycles.